The summed E-state index contributed by atoms with van der Waals surface area (Å²) >= 11 is 3.76. The first kappa shape index (κ1) is 28.2. The molecule has 5 rings (SSSR count). The summed E-state index contributed by atoms with van der Waals surface area (Å²) in [6.07, 6.45) is -1.24. The first-order valence-corrected chi connectivity index (χ1v) is 16.1. The minimum Gasteiger partial charge on any atom is -0.382 e. The van der Waals surface area contributed by atoms with Gasteiger partial charge in [0.2, 0.25) is 0 Å². The third-order valence-corrected chi connectivity index (χ3v) is 9.95. The normalized spacial score (nSPS) is 15.6. The molecule has 0 atom stereocenters. The Hall–Kier alpha value is -2.29. The van der Waals surface area contributed by atoms with E-state index in [1.807, 2.05) is 30.3 Å². The minimum absolute atomic E-state index is 0.244. The highest BCUT2D eigenvalue weighted by molar-refractivity contribution is 14.1. The highest BCUT2D eigenvalue weighted by atomic mass is 127. The maximum Gasteiger partial charge on any atom is 0.406 e. The van der Waals surface area contributed by atoms with Crippen LogP contribution in [0.2, 0.25) is 0 Å². The quantitative estimate of drug-likeness (QED) is 0.152. The highest BCUT2D eigenvalue weighted by Gasteiger charge is 2.31. The monoisotopic (exact) mass is 688 g/mol. The number of sulfone groups is 1. The molecule has 2 N–H and O–H groups in total. The van der Waals surface area contributed by atoms with E-state index in [2.05, 4.69) is 36.6 Å². The van der Waals surface area contributed by atoms with Gasteiger partial charge < -0.3 is 15.2 Å². The van der Waals surface area contributed by atoms with Gasteiger partial charge in [-0.05, 0) is 67.4 Å². The van der Waals surface area contributed by atoms with E-state index in [0.29, 0.717) is 17.8 Å². The third kappa shape index (κ3) is 6.90. The summed E-state index contributed by atoms with van der Waals surface area (Å²) in [4.78, 5) is 1.95. The maximum atomic E-state index is 13.7. The number of hydrogen-bond acceptors (Lipinski definition) is 6. The first-order chi connectivity index (χ1) is 18.5. The second-order valence-electron chi connectivity index (χ2n) is 9.71. The van der Waals surface area contributed by atoms with E-state index in [9.17, 15) is 21.6 Å². The summed E-state index contributed by atoms with van der Waals surface area (Å²) < 4.78 is 68.0. The zero-order chi connectivity index (χ0) is 27.8. The number of aromatic nitrogens is 1. The molecule has 0 amide bonds. The van der Waals surface area contributed by atoms with E-state index in [1.54, 1.807) is 30.3 Å². The molecule has 12 heteroatoms. The molecule has 0 aliphatic carbocycles. The molecule has 2 aromatic heterocycles. The standard InChI is InChI=1S/C27H28F3IN4O2S2/c1-39(36,37)21-8-5-18(6-9-21)32-16-20-7-10-26(38-20)25-15-22-23(33-19-11-13-34(31)14-12-19)3-2-4-24(22)35(25)17-27(28,29)30/h2-10,15,19,32-33H,11-14,16-17H2,1H3. The number of benzene rings is 2. The van der Waals surface area contributed by atoms with Gasteiger partial charge in [0.25, 0.3) is 0 Å². The predicted octanol–water partition coefficient (Wildman–Crippen LogP) is 7.17. The molecule has 1 aliphatic heterocycles. The number of piperidine rings is 1. The van der Waals surface area contributed by atoms with E-state index in [4.69, 9.17) is 0 Å². The van der Waals surface area contributed by atoms with Crippen molar-refractivity contribution in [3.05, 3.63) is 65.5 Å². The lowest BCUT2D eigenvalue weighted by Crippen LogP contribution is -2.33. The van der Waals surface area contributed by atoms with E-state index in [0.717, 1.165) is 58.7 Å². The number of fused-ring (bicyclic) bond motifs is 1. The molecule has 4 aromatic rings. The Morgan fingerprint density at radius 2 is 1.77 bits per heavy atom. The van der Waals surface area contributed by atoms with Crippen molar-refractivity contribution in [3.8, 4) is 10.6 Å². The summed E-state index contributed by atoms with van der Waals surface area (Å²) in [7, 11) is -3.27. The molecule has 2 aromatic carbocycles. The fourth-order valence-corrected chi connectivity index (χ4v) is 6.96. The second kappa shape index (κ2) is 11.3. The fourth-order valence-electron chi connectivity index (χ4n) is 4.80. The number of hydrogen-bond donors (Lipinski definition) is 2. The molecule has 39 heavy (non-hydrogen) atoms. The third-order valence-electron chi connectivity index (χ3n) is 6.75. The lowest BCUT2D eigenvalue weighted by atomic mass is 10.1. The topological polar surface area (TPSA) is 66.4 Å². The SMILES string of the molecule is CS(=O)(=O)c1ccc(NCc2ccc(-c3cc4c(NC5CCN(I)CC5)cccc4n3CC(F)(F)F)s2)cc1. The van der Waals surface area contributed by atoms with E-state index >= 15 is 0 Å². The van der Waals surface area contributed by atoms with Gasteiger partial charge in [-0.3, -0.25) is 0 Å². The van der Waals surface area contributed by atoms with Crippen molar-refractivity contribution in [1.82, 2.24) is 7.68 Å². The molecule has 6 nitrogen and oxygen atoms in total. The summed E-state index contributed by atoms with van der Waals surface area (Å²) in [5.74, 6) is 0. The van der Waals surface area contributed by atoms with Gasteiger partial charge in [0.15, 0.2) is 9.84 Å². The van der Waals surface area contributed by atoms with Crippen molar-refractivity contribution in [2.45, 2.75) is 43.0 Å². The highest BCUT2D eigenvalue weighted by Crippen LogP contribution is 2.38. The Morgan fingerprint density at radius 1 is 1.05 bits per heavy atom. The van der Waals surface area contributed by atoms with Crippen LogP contribution in [0.5, 0.6) is 0 Å². The zero-order valence-electron chi connectivity index (χ0n) is 21.1. The van der Waals surface area contributed by atoms with E-state index < -0.39 is 22.6 Å². The molecular weight excluding hydrogens is 660 g/mol. The van der Waals surface area contributed by atoms with Crippen molar-refractivity contribution >= 4 is 66.3 Å². The minimum atomic E-state index is -4.36. The molecule has 208 valence electrons. The van der Waals surface area contributed by atoms with Crippen LogP contribution in [0, 0.1) is 0 Å². The van der Waals surface area contributed by atoms with Gasteiger partial charge in [-0.15, -0.1) is 11.3 Å². The number of thiophene rings is 1. The van der Waals surface area contributed by atoms with Gasteiger partial charge in [0.05, 0.1) is 21.0 Å². The Balaban J connectivity index is 1.41. The van der Waals surface area contributed by atoms with Crippen molar-refractivity contribution in [3.63, 3.8) is 0 Å². The Labute approximate surface area is 243 Å². The van der Waals surface area contributed by atoms with Gasteiger partial charge in [0, 0.05) is 76.4 Å². The van der Waals surface area contributed by atoms with E-state index in [-0.39, 0.29) is 10.9 Å². The number of halogens is 4. The molecule has 0 bridgehead atoms. The molecular formula is C27H28F3IN4O2S2. The van der Waals surface area contributed by atoms with Gasteiger partial charge in [0.1, 0.15) is 6.54 Å². The summed E-state index contributed by atoms with van der Waals surface area (Å²) in [5, 5.41) is 7.63. The van der Waals surface area contributed by atoms with Crippen molar-refractivity contribution in [2.75, 3.05) is 30.0 Å². The fraction of sp³-hybridized carbons (Fsp3) is 0.333. The van der Waals surface area contributed by atoms with Crippen LogP contribution in [-0.2, 0) is 22.9 Å². The molecule has 0 spiro atoms. The summed E-state index contributed by atoms with van der Waals surface area (Å²) in [6, 6.07) is 17.9. The summed E-state index contributed by atoms with van der Waals surface area (Å²) in [6.45, 7) is 1.34. The average Bonchev–Trinajstić information content (AvgIpc) is 3.48. The largest absolute Gasteiger partial charge is 0.406 e. The molecule has 0 unspecified atom stereocenters. The van der Waals surface area contributed by atoms with Crippen LogP contribution in [0.1, 0.15) is 17.7 Å². The van der Waals surface area contributed by atoms with Gasteiger partial charge in [-0.1, -0.05) is 6.07 Å². The van der Waals surface area contributed by atoms with Crippen LogP contribution >= 0.6 is 34.2 Å². The molecule has 1 saturated heterocycles. The van der Waals surface area contributed by atoms with Crippen molar-refractivity contribution < 1.29 is 21.6 Å². The summed E-state index contributed by atoms with van der Waals surface area (Å²) in [5.41, 5.74) is 2.70. The molecule has 1 aliphatic rings. The number of alkyl halides is 3. The van der Waals surface area contributed by atoms with Crippen LogP contribution in [0.25, 0.3) is 21.5 Å². The number of nitrogens with one attached hydrogen (secondary N) is 2. The number of nitrogens with zero attached hydrogens (tertiary/aromatic N) is 2. The molecule has 0 radical (unpaired) electrons. The van der Waals surface area contributed by atoms with E-state index in [1.165, 1.54) is 15.9 Å². The average molecular weight is 689 g/mol. The van der Waals surface area contributed by atoms with Crippen molar-refractivity contribution in [1.29, 1.82) is 0 Å². The number of anilines is 2. The Morgan fingerprint density at radius 3 is 2.44 bits per heavy atom. The predicted molar refractivity (Wildman–Crippen MR) is 160 cm³/mol. The van der Waals surface area contributed by atoms with Gasteiger partial charge in [-0.25, -0.2) is 11.5 Å². The lowest BCUT2D eigenvalue weighted by molar-refractivity contribution is -0.139. The first-order valence-electron chi connectivity index (χ1n) is 12.5. The van der Waals surface area contributed by atoms with Gasteiger partial charge >= 0.3 is 6.18 Å². The van der Waals surface area contributed by atoms with Crippen LogP contribution in [0.4, 0.5) is 24.5 Å². The zero-order valence-corrected chi connectivity index (χ0v) is 24.9. The van der Waals surface area contributed by atoms with Gasteiger partial charge in [-0.2, -0.15) is 13.2 Å². The Kier molecular flexibility index (Phi) is 8.18. The molecule has 1 fully saturated rings. The Bertz CT molecular complexity index is 1560. The van der Waals surface area contributed by atoms with Crippen LogP contribution in [-0.4, -0.2) is 47.7 Å². The maximum absolute atomic E-state index is 13.7. The smallest absolute Gasteiger partial charge is 0.382 e. The van der Waals surface area contributed by atoms with Crippen LogP contribution in [0.15, 0.2) is 65.6 Å². The van der Waals surface area contributed by atoms with Crippen molar-refractivity contribution in [2.24, 2.45) is 0 Å². The van der Waals surface area contributed by atoms with Crippen LogP contribution < -0.4 is 10.6 Å². The second-order valence-corrected chi connectivity index (χ2v) is 14.3. The lowest BCUT2D eigenvalue weighted by Gasteiger charge is -2.29. The van der Waals surface area contributed by atoms with Crippen LogP contribution in [0.3, 0.4) is 0 Å². The molecule has 0 saturated carbocycles. The molecule has 3 heterocycles. The number of rotatable bonds is 8.